The lowest BCUT2D eigenvalue weighted by atomic mass is 10.1. The maximum absolute atomic E-state index is 12.3. The second kappa shape index (κ2) is 8.34. The lowest BCUT2D eigenvalue weighted by Gasteiger charge is -2.22. The number of fused-ring (bicyclic) bond motifs is 1. The van der Waals surface area contributed by atoms with Crippen molar-refractivity contribution in [3.05, 3.63) is 48.0 Å². The minimum atomic E-state index is -3.51. The van der Waals surface area contributed by atoms with Crippen LogP contribution in [-0.2, 0) is 10.0 Å². The summed E-state index contributed by atoms with van der Waals surface area (Å²) in [6.07, 6.45) is 0. The number of nitrogens with one attached hydrogen (secondary N) is 2. The van der Waals surface area contributed by atoms with Gasteiger partial charge in [-0.05, 0) is 55.0 Å². The molecule has 2 aromatic rings. The maximum atomic E-state index is 12.3. The van der Waals surface area contributed by atoms with Crippen LogP contribution in [-0.4, -0.2) is 45.1 Å². The molecule has 0 aromatic heterocycles. The molecule has 0 amide bonds. The van der Waals surface area contributed by atoms with Gasteiger partial charge < -0.3 is 20.1 Å². The first-order chi connectivity index (χ1) is 13.3. The predicted molar refractivity (Wildman–Crippen MR) is 113 cm³/mol. The van der Waals surface area contributed by atoms with E-state index < -0.39 is 10.0 Å². The Morgan fingerprint density at radius 1 is 1.11 bits per heavy atom. The molecule has 28 heavy (non-hydrogen) atoms. The van der Waals surface area contributed by atoms with E-state index in [0.717, 1.165) is 17.1 Å². The molecule has 0 unspecified atom stereocenters. The van der Waals surface area contributed by atoms with Gasteiger partial charge in [-0.1, -0.05) is 12.1 Å². The standard InChI is InChI=1S/C19H23N3O4S2/c1-13(14-7-8-17-18(11-14)26-10-9-25-17)20-19(27)21-15-5-4-6-16(12-15)28(23,24)22(2)3/h4-8,11-13H,9-10H2,1-3H3,(H2,20,21,27)/t13-/m0/s1. The summed E-state index contributed by atoms with van der Waals surface area (Å²) in [5, 5.41) is 6.62. The van der Waals surface area contributed by atoms with Crippen molar-refractivity contribution in [1.29, 1.82) is 0 Å². The van der Waals surface area contributed by atoms with E-state index in [0.29, 0.717) is 24.0 Å². The van der Waals surface area contributed by atoms with Crippen molar-refractivity contribution in [3.8, 4) is 11.5 Å². The van der Waals surface area contributed by atoms with Crippen LogP contribution in [0.4, 0.5) is 5.69 Å². The molecule has 0 aliphatic carbocycles. The van der Waals surface area contributed by atoms with Crippen molar-refractivity contribution in [2.24, 2.45) is 0 Å². The first-order valence-electron chi connectivity index (χ1n) is 8.77. The summed E-state index contributed by atoms with van der Waals surface area (Å²) < 4.78 is 36.9. The van der Waals surface area contributed by atoms with E-state index in [4.69, 9.17) is 21.7 Å². The molecule has 3 rings (SSSR count). The SMILES string of the molecule is C[C@H](NC(=S)Nc1cccc(S(=O)(=O)N(C)C)c1)c1ccc2c(c1)OCCO2. The molecule has 1 aliphatic heterocycles. The number of hydrogen-bond donors (Lipinski definition) is 2. The van der Waals surface area contributed by atoms with E-state index >= 15 is 0 Å². The molecule has 0 saturated carbocycles. The van der Waals surface area contributed by atoms with E-state index in [1.807, 2.05) is 25.1 Å². The molecule has 1 atom stereocenters. The Balaban J connectivity index is 1.67. The van der Waals surface area contributed by atoms with Crippen molar-refractivity contribution in [3.63, 3.8) is 0 Å². The van der Waals surface area contributed by atoms with E-state index in [-0.39, 0.29) is 10.9 Å². The Morgan fingerprint density at radius 2 is 1.82 bits per heavy atom. The van der Waals surface area contributed by atoms with Crippen LogP contribution in [0.3, 0.4) is 0 Å². The fourth-order valence-electron chi connectivity index (χ4n) is 2.72. The first-order valence-corrected chi connectivity index (χ1v) is 10.6. The highest BCUT2D eigenvalue weighted by Gasteiger charge is 2.18. The molecule has 0 saturated heterocycles. The molecule has 2 aromatic carbocycles. The lowest BCUT2D eigenvalue weighted by molar-refractivity contribution is 0.171. The van der Waals surface area contributed by atoms with Gasteiger partial charge in [-0.15, -0.1) is 0 Å². The Bertz CT molecular complexity index is 977. The number of hydrogen-bond acceptors (Lipinski definition) is 5. The Kier molecular flexibility index (Phi) is 6.07. The second-order valence-corrected chi connectivity index (χ2v) is 9.10. The second-order valence-electron chi connectivity index (χ2n) is 6.54. The third-order valence-corrected chi connectivity index (χ3v) is 6.32. The highest BCUT2D eigenvalue weighted by molar-refractivity contribution is 7.89. The van der Waals surface area contributed by atoms with Crippen LogP contribution < -0.4 is 20.1 Å². The van der Waals surface area contributed by atoms with Crippen LogP contribution in [0, 0.1) is 0 Å². The van der Waals surface area contributed by atoms with Crippen molar-refractivity contribution in [2.75, 3.05) is 32.6 Å². The topological polar surface area (TPSA) is 79.9 Å². The zero-order valence-electron chi connectivity index (χ0n) is 15.9. The number of rotatable bonds is 5. The summed E-state index contributed by atoms with van der Waals surface area (Å²) in [7, 11) is -0.513. The normalized spacial score (nSPS) is 14.4. The molecular formula is C19H23N3O4S2. The average Bonchev–Trinajstić information content (AvgIpc) is 2.67. The third kappa shape index (κ3) is 4.54. The predicted octanol–water partition coefficient (Wildman–Crippen LogP) is 2.76. The zero-order chi connectivity index (χ0) is 20.3. The highest BCUT2D eigenvalue weighted by atomic mass is 32.2. The van der Waals surface area contributed by atoms with Gasteiger partial charge in [0.15, 0.2) is 16.6 Å². The van der Waals surface area contributed by atoms with E-state index in [2.05, 4.69) is 10.6 Å². The molecule has 150 valence electrons. The van der Waals surface area contributed by atoms with E-state index in [1.54, 1.807) is 24.3 Å². The zero-order valence-corrected chi connectivity index (χ0v) is 17.6. The van der Waals surface area contributed by atoms with Crippen molar-refractivity contribution in [2.45, 2.75) is 17.9 Å². The molecular weight excluding hydrogens is 398 g/mol. The quantitative estimate of drug-likeness (QED) is 0.719. The molecule has 0 radical (unpaired) electrons. The monoisotopic (exact) mass is 421 g/mol. The smallest absolute Gasteiger partial charge is 0.242 e. The van der Waals surface area contributed by atoms with Gasteiger partial charge in [0.05, 0.1) is 10.9 Å². The molecule has 1 heterocycles. The van der Waals surface area contributed by atoms with Crippen molar-refractivity contribution < 1.29 is 17.9 Å². The van der Waals surface area contributed by atoms with Gasteiger partial charge in [-0.3, -0.25) is 0 Å². The minimum Gasteiger partial charge on any atom is -0.486 e. The number of benzene rings is 2. The number of thiocarbonyl (C=S) groups is 1. The minimum absolute atomic E-state index is 0.0792. The lowest BCUT2D eigenvalue weighted by Crippen LogP contribution is -2.31. The summed E-state index contributed by atoms with van der Waals surface area (Å²) >= 11 is 5.38. The Morgan fingerprint density at radius 3 is 2.54 bits per heavy atom. The fraction of sp³-hybridized carbons (Fsp3) is 0.316. The average molecular weight is 422 g/mol. The van der Waals surface area contributed by atoms with Crippen LogP contribution in [0.2, 0.25) is 0 Å². The van der Waals surface area contributed by atoms with Crippen LogP contribution in [0.5, 0.6) is 11.5 Å². The van der Waals surface area contributed by atoms with Gasteiger partial charge in [-0.2, -0.15) is 0 Å². The summed E-state index contributed by atoms with van der Waals surface area (Å²) in [4.78, 5) is 0.199. The number of ether oxygens (including phenoxy) is 2. The van der Waals surface area contributed by atoms with Gasteiger partial charge in [0.25, 0.3) is 0 Å². The van der Waals surface area contributed by atoms with Crippen LogP contribution in [0.1, 0.15) is 18.5 Å². The van der Waals surface area contributed by atoms with E-state index in [9.17, 15) is 8.42 Å². The number of anilines is 1. The molecule has 9 heteroatoms. The molecule has 0 fully saturated rings. The largest absolute Gasteiger partial charge is 0.486 e. The first kappa shape index (κ1) is 20.4. The van der Waals surface area contributed by atoms with E-state index in [1.165, 1.54) is 18.4 Å². The summed E-state index contributed by atoms with van der Waals surface area (Å²) in [6, 6.07) is 12.2. The fourth-order valence-corrected chi connectivity index (χ4v) is 3.96. The molecule has 0 bridgehead atoms. The van der Waals surface area contributed by atoms with Crippen LogP contribution in [0.15, 0.2) is 47.4 Å². The van der Waals surface area contributed by atoms with Gasteiger partial charge in [0.1, 0.15) is 13.2 Å². The Labute approximate surface area is 170 Å². The number of nitrogens with zero attached hydrogens (tertiary/aromatic N) is 1. The number of sulfonamides is 1. The summed E-state index contributed by atoms with van der Waals surface area (Å²) in [6.45, 7) is 3.06. The Hall–Kier alpha value is -2.36. The summed E-state index contributed by atoms with van der Waals surface area (Å²) in [5.41, 5.74) is 1.59. The van der Waals surface area contributed by atoms with Gasteiger partial charge in [0, 0.05) is 19.8 Å². The molecule has 0 spiro atoms. The van der Waals surface area contributed by atoms with Gasteiger partial charge in [0.2, 0.25) is 10.0 Å². The highest BCUT2D eigenvalue weighted by Crippen LogP contribution is 2.32. The van der Waals surface area contributed by atoms with Gasteiger partial charge in [-0.25, -0.2) is 12.7 Å². The van der Waals surface area contributed by atoms with Crippen LogP contribution in [0.25, 0.3) is 0 Å². The maximum Gasteiger partial charge on any atom is 0.242 e. The summed E-state index contributed by atoms with van der Waals surface area (Å²) in [5.74, 6) is 1.46. The van der Waals surface area contributed by atoms with Crippen molar-refractivity contribution in [1.82, 2.24) is 9.62 Å². The van der Waals surface area contributed by atoms with Gasteiger partial charge >= 0.3 is 0 Å². The van der Waals surface area contributed by atoms with Crippen molar-refractivity contribution >= 4 is 33.0 Å². The third-order valence-electron chi connectivity index (χ3n) is 4.28. The molecule has 1 aliphatic rings. The molecule has 7 nitrogen and oxygen atoms in total. The van der Waals surface area contributed by atoms with Crippen LogP contribution >= 0.6 is 12.2 Å². The molecule has 2 N–H and O–H groups in total.